The van der Waals surface area contributed by atoms with Crippen LogP contribution in [0.2, 0.25) is 0 Å². The molecule has 0 saturated heterocycles. The number of anilines is 1. The van der Waals surface area contributed by atoms with E-state index in [1.165, 1.54) is 24.2 Å². The molecule has 1 aromatic heterocycles. The highest BCUT2D eigenvalue weighted by atomic mass is 32.1. The average molecular weight is 372 g/mol. The van der Waals surface area contributed by atoms with E-state index in [1.807, 2.05) is 18.2 Å². The van der Waals surface area contributed by atoms with E-state index in [-0.39, 0.29) is 5.91 Å². The summed E-state index contributed by atoms with van der Waals surface area (Å²) in [6, 6.07) is 5.82. The van der Waals surface area contributed by atoms with Crippen LogP contribution in [0.3, 0.4) is 0 Å². The Kier molecular flexibility index (Phi) is 4.61. The van der Waals surface area contributed by atoms with Gasteiger partial charge in [-0.05, 0) is 43.4 Å². The summed E-state index contributed by atoms with van der Waals surface area (Å²) in [6.45, 7) is 0. The van der Waals surface area contributed by atoms with Crippen molar-refractivity contribution in [3.8, 4) is 11.5 Å². The number of carbonyl (C=O) groups excluding carboxylic acids is 1. The summed E-state index contributed by atoms with van der Waals surface area (Å²) in [4.78, 5) is 17.9. The summed E-state index contributed by atoms with van der Waals surface area (Å²) >= 11 is 1.52. The SMILES string of the molecule is COc1ccc(C2(C(=O)Nc3nc(C4CC4)cs3)CCCC2)cc1OC. The lowest BCUT2D eigenvalue weighted by Crippen LogP contribution is -2.38. The van der Waals surface area contributed by atoms with Crippen LogP contribution in [0, 0.1) is 0 Å². The van der Waals surface area contributed by atoms with E-state index < -0.39 is 5.41 Å². The zero-order valence-electron chi connectivity index (χ0n) is 15.2. The molecule has 1 aromatic carbocycles. The highest BCUT2D eigenvalue weighted by Crippen LogP contribution is 2.45. The van der Waals surface area contributed by atoms with Gasteiger partial charge in [0.25, 0.3) is 0 Å². The number of carbonyl (C=O) groups is 1. The summed E-state index contributed by atoms with van der Waals surface area (Å²) in [5.74, 6) is 1.98. The predicted molar refractivity (Wildman–Crippen MR) is 102 cm³/mol. The molecule has 26 heavy (non-hydrogen) atoms. The lowest BCUT2D eigenvalue weighted by Gasteiger charge is -2.28. The summed E-state index contributed by atoms with van der Waals surface area (Å²) in [6.07, 6.45) is 6.21. The number of thiazole rings is 1. The van der Waals surface area contributed by atoms with Gasteiger partial charge in [-0.2, -0.15) is 0 Å². The Morgan fingerprint density at radius 3 is 2.58 bits per heavy atom. The van der Waals surface area contributed by atoms with Crippen molar-refractivity contribution in [3.63, 3.8) is 0 Å². The Hall–Kier alpha value is -2.08. The minimum Gasteiger partial charge on any atom is -0.493 e. The van der Waals surface area contributed by atoms with Crippen molar-refractivity contribution >= 4 is 22.4 Å². The third-order valence-electron chi connectivity index (χ3n) is 5.57. The van der Waals surface area contributed by atoms with Crippen LogP contribution in [0.4, 0.5) is 5.13 Å². The van der Waals surface area contributed by atoms with Crippen LogP contribution in [-0.2, 0) is 10.2 Å². The number of hydrogen-bond acceptors (Lipinski definition) is 5. The fraction of sp³-hybridized carbons (Fsp3) is 0.500. The molecule has 4 rings (SSSR count). The first-order valence-corrected chi connectivity index (χ1v) is 10.0. The first-order valence-electron chi connectivity index (χ1n) is 9.15. The fourth-order valence-electron chi connectivity index (χ4n) is 3.89. The van der Waals surface area contributed by atoms with E-state index in [0.29, 0.717) is 22.5 Å². The number of ether oxygens (including phenoxy) is 2. The molecule has 0 spiro atoms. The molecule has 1 N–H and O–H groups in total. The molecule has 2 aliphatic rings. The highest BCUT2D eigenvalue weighted by molar-refractivity contribution is 7.14. The molecular formula is C20H24N2O3S. The molecule has 1 heterocycles. The quantitative estimate of drug-likeness (QED) is 0.812. The zero-order chi connectivity index (χ0) is 18.1. The largest absolute Gasteiger partial charge is 0.493 e. The van der Waals surface area contributed by atoms with E-state index in [9.17, 15) is 4.79 Å². The van der Waals surface area contributed by atoms with E-state index >= 15 is 0 Å². The Morgan fingerprint density at radius 2 is 1.92 bits per heavy atom. The van der Waals surface area contributed by atoms with E-state index in [4.69, 9.17) is 9.47 Å². The van der Waals surface area contributed by atoms with Crippen molar-refractivity contribution in [2.75, 3.05) is 19.5 Å². The van der Waals surface area contributed by atoms with Crippen molar-refractivity contribution in [3.05, 3.63) is 34.8 Å². The number of hydrogen-bond donors (Lipinski definition) is 1. The molecule has 2 saturated carbocycles. The van der Waals surface area contributed by atoms with E-state index in [0.717, 1.165) is 36.9 Å². The minimum atomic E-state index is -0.523. The maximum absolute atomic E-state index is 13.3. The maximum Gasteiger partial charge on any atom is 0.236 e. The Labute approximate surface area is 157 Å². The molecule has 138 valence electrons. The van der Waals surface area contributed by atoms with E-state index in [2.05, 4.69) is 15.7 Å². The first-order chi connectivity index (χ1) is 12.7. The number of nitrogens with zero attached hydrogens (tertiary/aromatic N) is 1. The molecule has 2 aromatic rings. The highest BCUT2D eigenvalue weighted by Gasteiger charge is 2.43. The summed E-state index contributed by atoms with van der Waals surface area (Å²) in [5.41, 5.74) is 1.59. The van der Waals surface area contributed by atoms with Crippen molar-refractivity contribution in [2.24, 2.45) is 0 Å². The molecule has 5 nitrogen and oxygen atoms in total. The van der Waals surface area contributed by atoms with Crippen molar-refractivity contribution < 1.29 is 14.3 Å². The number of nitrogens with one attached hydrogen (secondary N) is 1. The molecule has 2 aliphatic carbocycles. The van der Waals surface area contributed by atoms with Gasteiger partial charge in [0.2, 0.25) is 5.91 Å². The molecule has 0 radical (unpaired) electrons. The molecule has 0 unspecified atom stereocenters. The van der Waals surface area contributed by atoms with Crippen LogP contribution < -0.4 is 14.8 Å². The van der Waals surface area contributed by atoms with Gasteiger partial charge in [-0.15, -0.1) is 11.3 Å². The monoisotopic (exact) mass is 372 g/mol. The normalized spacial score (nSPS) is 18.5. The van der Waals surface area contributed by atoms with Crippen LogP contribution in [0.25, 0.3) is 0 Å². The molecule has 6 heteroatoms. The fourth-order valence-corrected chi connectivity index (χ4v) is 4.67. The van der Waals surface area contributed by atoms with Crippen LogP contribution in [-0.4, -0.2) is 25.1 Å². The van der Waals surface area contributed by atoms with Gasteiger partial charge >= 0.3 is 0 Å². The van der Waals surface area contributed by atoms with Crippen LogP contribution in [0.1, 0.15) is 55.7 Å². The molecule has 1 amide bonds. The minimum absolute atomic E-state index is 0.0407. The van der Waals surface area contributed by atoms with Crippen LogP contribution in [0.5, 0.6) is 11.5 Å². The lowest BCUT2D eigenvalue weighted by atomic mass is 9.78. The van der Waals surface area contributed by atoms with Crippen molar-refractivity contribution in [1.29, 1.82) is 0 Å². The number of aromatic nitrogens is 1. The number of methoxy groups -OCH3 is 2. The zero-order valence-corrected chi connectivity index (χ0v) is 16.0. The molecule has 0 atom stereocenters. The van der Waals surface area contributed by atoms with Gasteiger partial charge in [-0.3, -0.25) is 4.79 Å². The Morgan fingerprint density at radius 1 is 1.19 bits per heavy atom. The second kappa shape index (κ2) is 6.91. The molecule has 2 fully saturated rings. The third-order valence-corrected chi connectivity index (χ3v) is 6.34. The Balaban J connectivity index is 1.61. The number of amides is 1. The average Bonchev–Trinajstić information content (AvgIpc) is 3.20. The van der Waals surface area contributed by atoms with Gasteiger partial charge in [0.15, 0.2) is 16.6 Å². The summed E-state index contributed by atoms with van der Waals surface area (Å²) < 4.78 is 10.8. The Bertz CT molecular complexity index is 807. The van der Waals surface area contributed by atoms with Gasteiger partial charge in [0, 0.05) is 11.3 Å². The molecular weight excluding hydrogens is 348 g/mol. The van der Waals surface area contributed by atoms with E-state index in [1.54, 1.807) is 14.2 Å². The third kappa shape index (κ3) is 3.07. The van der Waals surface area contributed by atoms with Gasteiger partial charge in [0.1, 0.15) is 0 Å². The van der Waals surface area contributed by atoms with Crippen molar-refractivity contribution in [2.45, 2.75) is 49.9 Å². The van der Waals surface area contributed by atoms with Gasteiger partial charge in [-0.1, -0.05) is 18.9 Å². The predicted octanol–water partition coefficient (Wildman–Crippen LogP) is 4.49. The lowest BCUT2D eigenvalue weighted by molar-refractivity contribution is -0.121. The second-order valence-electron chi connectivity index (χ2n) is 7.16. The molecule has 0 bridgehead atoms. The first kappa shape index (κ1) is 17.3. The van der Waals surface area contributed by atoms with Gasteiger partial charge in [0.05, 0.1) is 25.3 Å². The number of benzene rings is 1. The maximum atomic E-state index is 13.3. The van der Waals surface area contributed by atoms with Gasteiger partial charge < -0.3 is 14.8 Å². The topological polar surface area (TPSA) is 60.5 Å². The van der Waals surface area contributed by atoms with Gasteiger partial charge in [-0.25, -0.2) is 4.98 Å². The summed E-state index contributed by atoms with van der Waals surface area (Å²) in [7, 11) is 3.24. The second-order valence-corrected chi connectivity index (χ2v) is 8.02. The smallest absolute Gasteiger partial charge is 0.236 e. The van der Waals surface area contributed by atoms with Crippen LogP contribution in [0.15, 0.2) is 23.6 Å². The standard InChI is InChI=1S/C20H24N2O3S/c1-24-16-8-7-14(11-17(16)25-2)20(9-3-4-10-20)18(23)22-19-21-15(12-26-19)13-5-6-13/h7-8,11-13H,3-6,9-10H2,1-2H3,(H,21,22,23). The van der Waals surface area contributed by atoms with Crippen LogP contribution >= 0.6 is 11.3 Å². The van der Waals surface area contributed by atoms with Crippen molar-refractivity contribution in [1.82, 2.24) is 4.98 Å². The number of rotatable bonds is 6. The molecule has 0 aliphatic heterocycles. The summed E-state index contributed by atoms with van der Waals surface area (Å²) in [5, 5.41) is 5.87.